The minimum Gasteiger partial charge on any atom is -0.362 e. The fraction of sp³-hybridized carbons (Fsp3) is 0.125. The van der Waals surface area contributed by atoms with Crippen molar-refractivity contribution in [2.24, 2.45) is 0 Å². The first-order valence-corrected chi connectivity index (χ1v) is 8.46. The predicted molar refractivity (Wildman–Crippen MR) is 99.0 cm³/mol. The Bertz CT molecular complexity index is 750. The summed E-state index contributed by atoms with van der Waals surface area (Å²) in [5.74, 6) is 0. The largest absolute Gasteiger partial charge is 0.362 e. The summed E-state index contributed by atoms with van der Waals surface area (Å²) in [5.41, 5.74) is 1.98. The summed E-state index contributed by atoms with van der Waals surface area (Å²) < 4.78 is 1.22. The van der Waals surface area contributed by atoms with Gasteiger partial charge in [-0.05, 0) is 48.6 Å². The van der Waals surface area contributed by atoms with Crippen LogP contribution in [0.1, 0.15) is 5.01 Å². The standard InChI is InChI=1S/C16H14ClN3S2/c17-11-5-7-12(8-6-11)19-16(21)18-10-9-15-20-13-3-1-2-4-14(13)22-15/h1-8H,9-10H2,(H2,18,19,21). The Labute approximate surface area is 143 Å². The molecule has 0 saturated heterocycles. The van der Waals surface area contributed by atoms with E-state index in [9.17, 15) is 0 Å². The highest BCUT2D eigenvalue weighted by Crippen LogP contribution is 2.21. The van der Waals surface area contributed by atoms with E-state index in [4.69, 9.17) is 23.8 Å². The number of benzene rings is 2. The highest BCUT2D eigenvalue weighted by molar-refractivity contribution is 7.80. The van der Waals surface area contributed by atoms with Gasteiger partial charge in [-0.1, -0.05) is 23.7 Å². The van der Waals surface area contributed by atoms with Crippen LogP contribution in [0.25, 0.3) is 10.2 Å². The predicted octanol–water partition coefficient (Wildman–Crippen LogP) is 4.48. The topological polar surface area (TPSA) is 37.0 Å². The zero-order chi connectivity index (χ0) is 15.4. The minimum absolute atomic E-state index is 0.600. The second kappa shape index (κ2) is 7.05. The highest BCUT2D eigenvalue weighted by Gasteiger charge is 2.03. The number of nitrogens with one attached hydrogen (secondary N) is 2. The lowest BCUT2D eigenvalue weighted by Gasteiger charge is -2.09. The van der Waals surface area contributed by atoms with Crippen molar-refractivity contribution >= 4 is 56.2 Å². The molecule has 0 fully saturated rings. The Kier molecular flexibility index (Phi) is 4.87. The van der Waals surface area contributed by atoms with Gasteiger partial charge in [0, 0.05) is 23.7 Å². The quantitative estimate of drug-likeness (QED) is 0.682. The number of thiocarbonyl (C=S) groups is 1. The van der Waals surface area contributed by atoms with Crippen LogP contribution in [0.3, 0.4) is 0 Å². The average molecular weight is 348 g/mol. The molecule has 6 heteroatoms. The number of aromatic nitrogens is 1. The molecule has 0 radical (unpaired) electrons. The van der Waals surface area contributed by atoms with Crippen molar-refractivity contribution in [1.82, 2.24) is 10.3 Å². The van der Waals surface area contributed by atoms with Crippen molar-refractivity contribution in [3.63, 3.8) is 0 Å². The zero-order valence-electron chi connectivity index (χ0n) is 11.7. The molecule has 3 nitrogen and oxygen atoms in total. The van der Waals surface area contributed by atoms with Crippen molar-refractivity contribution in [3.05, 3.63) is 58.6 Å². The van der Waals surface area contributed by atoms with Crippen LogP contribution in [0.2, 0.25) is 5.02 Å². The normalized spacial score (nSPS) is 10.6. The third-order valence-electron chi connectivity index (χ3n) is 3.06. The SMILES string of the molecule is S=C(NCCc1nc2ccccc2s1)Nc1ccc(Cl)cc1. The van der Waals surface area contributed by atoms with Gasteiger partial charge in [0.1, 0.15) is 0 Å². The molecular weight excluding hydrogens is 334 g/mol. The maximum absolute atomic E-state index is 5.85. The van der Waals surface area contributed by atoms with Gasteiger partial charge in [-0.15, -0.1) is 11.3 Å². The van der Waals surface area contributed by atoms with Crippen molar-refractivity contribution in [3.8, 4) is 0 Å². The first-order valence-electron chi connectivity index (χ1n) is 6.85. The molecule has 0 atom stereocenters. The molecule has 0 saturated carbocycles. The number of nitrogens with zero attached hydrogens (tertiary/aromatic N) is 1. The van der Waals surface area contributed by atoms with E-state index in [0.29, 0.717) is 10.1 Å². The van der Waals surface area contributed by atoms with Gasteiger partial charge in [0.15, 0.2) is 5.11 Å². The summed E-state index contributed by atoms with van der Waals surface area (Å²) in [6, 6.07) is 15.6. The molecule has 1 aromatic heterocycles. The minimum atomic E-state index is 0.600. The number of hydrogen-bond donors (Lipinski definition) is 2. The second-order valence-corrected chi connectivity index (χ2v) is 6.67. The molecule has 2 aromatic carbocycles. The highest BCUT2D eigenvalue weighted by atomic mass is 35.5. The van der Waals surface area contributed by atoms with E-state index in [2.05, 4.69) is 21.7 Å². The Morgan fingerprint density at radius 3 is 2.68 bits per heavy atom. The number of rotatable bonds is 4. The van der Waals surface area contributed by atoms with Crippen LogP contribution in [-0.4, -0.2) is 16.6 Å². The van der Waals surface area contributed by atoms with E-state index in [0.717, 1.165) is 29.2 Å². The summed E-state index contributed by atoms with van der Waals surface area (Å²) in [4.78, 5) is 4.60. The van der Waals surface area contributed by atoms with E-state index in [1.165, 1.54) is 4.70 Å². The molecule has 2 N–H and O–H groups in total. The smallest absolute Gasteiger partial charge is 0.170 e. The van der Waals surface area contributed by atoms with Gasteiger partial charge in [-0.3, -0.25) is 0 Å². The van der Waals surface area contributed by atoms with Crippen LogP contribution >= 0.6 is 35.2 Å². The first-order chi connectivity index (χ1) is 10.7. The number of hydrogen-bond acceptors (Lipinski definition) is 3. The molecule has 1 heterocycles. The van der Waals surface area contributed by atoms with Gasteiger partial charge >= 0.3 is 0 Å². The van der Waals surface area contributed by atoms with Crippen molar-refractivity contribution in [1.29, 1.82) is 0 Å². The van der Waals surface area contributed by atoms with Crippen LogP contribution in [0.15, 0.2) is 48.5 Å². The number of fused-ring (bicyclic) bond motifs is 1. The average Bonchev–Trinajstić information content (AvgIpc) is 2.92. The van der Waals surface area contributed by atoms with Crippen LogP contribution in [0.5, 0.6) is 0 Å². The van der Waals surface area contributed by atoms with Gasteiger partial charge in [-0.25, -0.2) is 4.98 Å². The summed E-state index contributed by atoms with van der Waals surface area (Å²) in [6.07, 6.45) is 0.849. The maximum atomic E-state index is 5.85. The molecule has 3 aromatic rings. The molecule has 0 aliphatic rings. The molecule has 0 unspecified atom stereocenters. The van der Waals surface area contributed by atoms with Crippen molar-refractivity contribution in [2.45, 2.75) is 6.42 Å². The molecule has 0 aliphatic heterocycles. The lowest BCUT2D eigenvalue weighted by molar-refractivity contribution is 0.868. The van der Waals surface area contributed by atoms with Gasteiger partial charge in [0.25, 0.3) is 0 Å². The number of thiazole rings is 1. The molecule has 22 heavy (non-hydrogen) atoms. The number of anilines is 1. The van der Waals surface area contributed by atoms with Crippen LogP contribution in [-0.2, 0) is 6.42 Å². The Morgan fingerprint density at radius 2 is 1.91 bits per heavy atom. The second-order valence-electron chi connectivity index (χ2n) is 4.71. The molecule has 0 aliphatic carbocycles. The van der Waals surface area contributed by atoms with Crippen LogP contribution in [0, 0.1) is 0 Å². The summed E-state index contributed by atoms with van der Waals surface area (Å²) in [7, 11) is 0. The van der Waals surface area contributed by atoms with Gasteiger partial charge in [0.2, 0.25) is 0 Å². The van der Waals surface area contributed by atoms with E-state index in [1.54, 1.807) is 11.3 Å². The van der Waals surface area contributed by atoms with E-state index >= 15 is 0 Å². The fourth-order valence-electron chi connectivity index (χ4n) is 2.02. The van der Waals surface area contributed by atoms with Gasteiger partial charge in [-0.2, -0.15) is 0 Å². The van der Waals surface area contributed by atoms with Gasteiger partial charge in [0.05, 0.1) is 15.2 Å². The fourth-order valence-corrected chi connectivity index (χ4v) is 3.33. The maximum Gasteiger partial charge on any atom is 0.170 e. The third-order valence-corrected chi connectivity index (χ3v) is 4.66. The first kappa shape index (κ1) is 15.2. The Balaban J connectivity index is 1.49. The molecule has 3 rings (SSSR count). The summed E-state index contributed by atoms with van der Waals surface area (Å²) in [5, 5.41) is 8.74. The van der Waals surface area contributed by atoms with Crippen molar-refractivity contribution < 1.29 is 0 Å². The number of para-hydroxylation sites is 1. The molecule has 0 amide bonds. The molecule has 0 spiro atoms. The zero-order valence-corrected chi connectivity index (χ0v) is 14.1. The van der Waals surface area contributed by atoms with E-state index in [-0.39, 0.29) is 0 Å². The number of halogens is 1. The van der Waals surface area contributed by atoms with E-state index in [1.807, 2.05) is 42.5 Å². The molecule has 0 bridgehead atoms. The van der Waals surface area contributed by atoms with E-state index < -0.39 is 0 Å². The van der Waals surface area contributed by atoms with Crippen LogP contribution < -0.4 is 10.6 Å². The lowest BCUT2D eigenvalue weighted by Crippen LogP contribution is -2.30. The third kappa shape index (κ3) is 3.94. The summed E-state index contributed by atoms with van der Waals surface area (Å²) in [6.45, 7) is 0.749. The Morgan fingerprint density at radius 1 is 1.14 bits per heavy atom. The monoisotopic (exact) mass is 347 g/mol. The van der Waals surface area contributed by atoms with Crippen molar-refractivity contribution in [2.75, 3.05) is 11.9 Å². The van der Waals surface area contributed by atoms with Crippen LogP contribution in [0.4, 0.5) is 5.69 Å². The molecule has 112 valence electrons. The Hall–Kier alpha value is -1.69. The molecular formula is C16H14ClN3S2. The summed E-state index contributed by atoms with van der Waals surface area (Å²) >= 11 is 12.9. The van der Waals surface area contributed by atoms with Gasteiger partial charge < -0.3 is 10.6 Å². The lowest BCUT2D eigenvalue weighted by atomic mass is 10.3.